The zero-order valence-corrected chi connectivity index (χ0v) is 8.29. The molecule has 0 atom stereocenters. The van der Waals surface area contributed by atoms with Crippen LogP contribution in [0.3, 0.4) is 0 Å². The second-order valence-electron chi connectivity index (χ2n) is 3.09. The zero-order valence-electron chi connectivity index (χ0n) is 8.29. The van der Waals surface area contributed by atoms with E-state index in [0.717, 1.165) is 26.1 Å². The smallest absolute Gasteiger partial charge is 0.317 e. The summed E-state index contributed by atoms with van der Waals surface area (Å²) >= 11 is 0. The number of hydrogen-bond donors (Lipinski definition) is 1. The molecule has 0 aliphatic rings. The molecule has 0 unspecified atom stereocenters. The van der Waals surface area contributed by atoms with Gasteiger partial charge in [-0.25, -0.2) is 4.79 Å². The van der Waals surface area contributed by atoms with E-state index < -0.39 is 0 Å². The fraction of sp³-hybridized carbons (Fsp3) is 0.667. The van der Waals surface area contributed by atoms with Gasteiger partial charge in [-0.1, -0.05) is 6.92 Å². The lowest BCUT2D eigenvalue weighted by Crippen LogP contribution is -2.24. The Kier molecular flexibility index (Phi) is 3.76. The standard InChI is InChI=1S/C9H17N3O/c1-3-10-5-4-6-12-8-7-11(2)9(12)13/h7-8,10H,3-6H2,1-2H3. The van der Waals surface area contributed by atoms with Gasteiger partial charge in [0.25, 0.3) is 0 Å². The van der Waals surface area contributed by atoms with Gasteiger partial charge in [-0.2, -0.15) is 0 Å². The van der Waals surface area contributed by atoms with Crippen molar-refractivity contribution in [3.05, 3.63) is 22.9 Å². The molecule has 13 heavy (non-hydrogen) atoms. The Morgan fingerprint density at radius 3 is 2.77 bits per heavy atom. The summed E-state index contributed by atoms with van der Waals surface area (Å²) in [7, 11) is 1.77. The number of hydrogen-bond acceptors (Lipinski definition) is 2. The fourth-order valence-electron chi connectivity index (χ4n) is 1.23. The van der Waals surface area contributed by atoms with Crippen LogP contribution in [0.5, 0.6) is 0 Å². The van der Waals surface area contributed by atoms with E-state index in [0.29, 0.717) is 0 Å². The molecular formula is C9H17N3O. The van der Waals surface area contributed by atoms with Gasteiger partial charge in [-0.3, -0.25) is 4.57 Å². The van der Waals surface area contributed by atoms with Crippen LogP contribution in [-0.4, -0.2) is 22.2 Å². The van der Waals surface area contributed by atoms with Crippen molar-refractivity contribution in [2.45, 2.75) is 19.9 Å². The maximum Gasteiger partial charge on any atom is 0.327 e. The monoisotopic (exact) mass is 183 g/mol. The third kappa shape index (κ3) is 2.73. The lowest BCUT2D eigenvalue weighted by Gasteiger charge is -2.01. The summed E-state index contributed by atoms with van der Waals surface area (Å²) in [6.45, 7) is 4.84. The van der Waals surface area contributed by atoms with Crippen LogP contribution in [0.15, 0.2) is 17.2 Å². The highest BCUT2D eigenvalue weighted by Gasteiger charge is 1.97. The molecule has 0 aliphatic heterocycles. The third-order valence-corrected chi connectivity index (χ3v) is 2.02. The van der Waals surface area contributed by atoms with Gasteiger partial charge in [0, 0.05) is 26.0 Å². The van der Waals surface area contributed by atoms with Crippen molar-refractivity contribution in [2.75, 3.05) is 13.1 Å². The second-order valence-corrected chi connectivity index (χ2v) is 3.09. The summed E-state index contributed by atoms with van der Waals surface area (Å²) in [4.78, 5) is 11.3. The first kappa shape index (κ1) is 10.1. The molecule has 1 rings (SSSR count). The lowest BCUT2D eigenvalue weighted by molar-refractivity contribution is 0.573. The molecule has 0 saturated carbocycles. The number of nitrogens with zero attached hydrogens (tertiary/aromatic N) is 2. The Labute approximate surface area is 78.2 Å². The third-order valence-electron chi connectivity index (χ3n) is 2.02. The van der Waals surface area contributed by atoms with E-state index >= 15 is 0 Å². The van der Waals surface area contributed by atoms with Crippen LogP contribution in [-0.2, 0) is 13.6 Å². The summed E-state index contributed by atoms with van der Waals surface area (Å²) in [5.41, 5.74) is 0.0662. The number of rotatable bonds is 5. The van der Waals surface area contributed by atoms with E-state index in [9.17, 15) is 4.79 Å². The molecule has 0 fully saturated rings. The van der Waals surface area contributed by atoms with Crippen LogP contribution in [0.4, 0.5) is 0 Å². The fourth-order valence-corrected chi connectivity index (χ4v) is 1.23. The normalized spacial score (nSPS) is 10.6. The molecule has 1 heterocycles. The maximum absolute atomic E-state index is 11.3. The molecule has 0 spiro atoms. The Bertz CT molecular complexity index is 300. The predicted molar refractivity (Wildman–Crippen MR) is 52.8 cm³/mol. The number of nitrogens with one attached hydrogen (secondary N) is 1. The molecule has 0 aromatic carbocycles. The molecule has 0 amide bonds. The maximum atomic E-state index is 11.3. The first-order chi connectivity index (χ1) is 6.25. The van der Waals surface area contributed by atoms with Crippen molar-refractivity contribution >= 4 is 0 Å². The van der Waals surface area contributed by atoms with Gasteiger partial charge in [-0.15, -0.1) is 0 Å². The van der Waals surface area contributed by atoms with Gasteiger partial charge in [0.05, 0.1) is 0 Å². The van der Waals surface area contributed by atoms with Crippen molar-refractivity contribution in [3.63, 3.8) is 0 Å². The molecule has 0 bridgehead atoms. The van der Waals surface area contributed by atoms with Gasteiger partial charge in [0.2, 0.25) is 0 Å². The van der Waals surface area contributed by atoms with E-state index in [-0.39, 0.29) is 5.69 Å². The molecule has 0 aliphatic carbocycles. The van der Waals surface area contributed by atoms with Crippen LogP contribution < -0.4 is 11.0 Å². The number of imidazole rings is 1. The Morgan fingerprint density at radius 1 is 1.46 bits per heavy atom. The van der Waals surface area contributed by atoms with Crippen molar-refractivity contribution in [1.82, 2.24) is 14.5 Å². The first-order valence-electron chi connectivity index (χ1n) is 4.68. The Balaban J connectivity index is 2.37. The largest absolute Gasteiger partial charge is 0.327 e. The van der Waals surface area contributed by atoms with E-state index in [2.05, 4.69) is 12.2 Å². The summed E-state index contributed by atoms with van der Waals surface area (Å²) in [6, 6.07) is 0. The van der Waals surface area contributed by atoms with Gasteiger partial charge in [0.15, 0.2) is 0 Å². The highest BCUT2D eigenvalue weighted by atomic mass is 16.1. The van der Waals surface area contributed by atoms with Crippen molar-refractivity contribution in [3.8, 4) is 0 Å². The first-order valence-corrected chi connectivity index (χ1v) is 4.68. The van der Waals surface area contributed by atoms with Crippen LogP contribution in [0, 0.1) is 0 Å². The predicted octanol–water partition coefficient (Wildman–Crippen LogP) is 0.186. The molecule has 0 saturated heterocycles. The van der Waals surface area contributed by atoms with Crippen molar-refractivity contribution in [1.29, 1.82) is 0 Å². The molecule has 0 radical (unpaired) electrons. The molecular weight excluding hydrogens is 166 g/mol. The molecule has 1 aromatic rings. The molecule has 1 aromatic heterocycles. The second kappa shape index (κ2) is 4.87. The van der Waals surface area contributed by atoms with E-state index in [1.165, 1.54) is 0 Å². The summed E-state index contributed by atoms with van der Waals surface area (Å²) in [5.74, 6) is 0. The summed E-state index contributed by atoms with van der Waals surface area (Å²) in [6.07, 6.45) is 4.61. The van der Waals surface area contributed by atoms with E-state index in [1.807, 2.05) is 6.20 Å². The highest BCUT2D eigenvalue weighted by molar-refractivity contribution is 4.79. The van der Waals surface area contributed by atoms with Crippen LogP contribution >= 0.6 is 0 Å². The topological polar surface area (TPSA) is 39.0 Å². The molecule has 4 nitrogen and oxygen atoms in total. The molecule has 1 N–H and O–H groups in total. The van der Waals surface area contributed by atoms with E-state index in [4.69, 9.17) is 0 Å². The van der Waals surface area contributed by atoms with Gasteiger partial charge in [0.1, 0.15) is 0 Å². The minimum Gasteiger partial charge on any atom is -0.317 e. The van der Waals surface area contributed by atoms with Crippen LogP contribution in [0.2, 0.25) is 0 Å². The molecule has 4 heteroatoms. The van der Waals surface area contributed by atoms with Gasteiger partial charge in [-0.05, 0) is 19.5 Å². The average molecular weight is 183 g/mol. The summed E-state index contributed by atoms with van der Waals surface area (Å²) in [5, 5.41) is 3.22. The SMILES string of the molecule is CCNCCCn1ccn(C)c1=O. The highest BCUT2D eigenvalue weighted by Crippen LogP contribution is 1.86. The quantitative estimate of drug-likeness (QED) is 0.662. The molecule has 74 valence electrons. The Morgan fingerprint density at radius 2 is 2.23 bits per heavy atom. The lowest BCUT2D eigenvalue weighted by atomic mass is 10.4. The van der Waals surface area contributed by atoms with E-state index in [1.54, 1.807) is 22.4 Å². The van der Waals surface area contributed by atoms with Gasteiger partial charge < -0.3 is 9.88 Å². The minimum absolute atomic E-state index is 0.0662. The van der Waals surface area contributed by atoms with Crippen molar-refractivity contribution in [2.24, 2.45) is 7.05 Å². The number of aryl methyl sites for hydroxylation is 2. The van der Waals surface area contributed by atoms with Crippen molar-refractivity contribution < 1.29 is 0 Å². The average Bonchev–Trinajstić information content (AvgIpc) is 2.43. The zero-order chi connectivity index (χ0) is 9.68. The van der Waals surface area contributed by atoms with Gasteiger partial charge >= 0.3 is 5.69 Å². The van der Waals surface area contributed by atoms with Crippen LogP contribution in [0.1, 0.15) is 13.3 Å². The minimum atomic E-state index is 0.0662. The number of aromatic nitrogens is 2. The van der Waals surface area contributed by atoms with Crippen LogP contribution in [0.25, 0.3) is 0 Å². The Hall–Kier alpha value is -1.03. The summed E-state index contributed by atoms with van der Waals surface area (Å²) < 4.78 is 3.32.